The number of benzene rings is 1. The number of carbonyl (C=O) groups excluding carboxylic acids is 1. The SMILES string of the molecule is COC(=O)c1ccccc1NS(=O)(=O)c1cnn(C)c1C. The van der Waals surface area contributed by atoms with Gasteiger partial charge in [-0.05, 0) is 19.1 Å². The second-order valence-electron chi connectivity index (χ2n) is 4.36. The van der Waals surface area contributed by atoms with Gasteiger partial charge in [-0.3, -0.25) is 9.40 Å². The number of nitrogens with zero attached hydrogens (tertiary/aromatic N) is 2. The summed E-state index contributed by atoms with van der Waals surface area (Å²) in [5.74, 6) is -0.615. The zero-order chi connectivity index (χ0) is 15.6. The Bertz CT molecular complexity index is 780. The molecule has 0 amide bonds. The Hall–Kier alpha value is -2.35. The van der Waals surface area contributed by atoms with E-state index in [1.54, 1.807) is 26.1 Å². The van der Waals surface area contributed by atoms with E-state index in [2.05, 4.69) is 14.6 Å². The Kier molecular flexibility index (Phi) is 3.99. The molecule has 112 valence electrons. The summed E-state index contributed by atoms with van der Waals surface area (Å²) < 4.78 is 33.2. The quantitative estimate of drug-likeness (QED) is 0.860. The maximum atomic E-state index is 12.4. The molecule has 7 nitrogen and oxygen atoms in total. The van der Waals surface area contributed by atoms with E-state index < -0.39 is 16.0 Å². The monoisotopic (exact) mass is 309 g/mol. The Balaban J connectivity index is 2.43. The van der Waals surface area contributed by atoms with Crippen LogP contribution in [0.15, 0.2) is 35.4 Å². The summed E-state index contributed by atoms with van der Waals surface area (Å²) in [4.78, 5) is 11.7. The maximum absolute atomic E-state index is 12.4. The molecule has 0 fully saturated rings. The van der Waals surface area contributed by atoms with Gasteiger partial charge in [0, 0.05) is 7.05 Å². The Morgan fingerprint density at radius 2 is 2.00 bits per heavy atom. The standard InChI is InChI=1S/C13H15N3O4S/c1-9-12(8-14-16(9)2)21(18,19)15-11-7-5-4-6-10(11)13(17)20-3/h4-8,15H,1-3H3. The fourth-order valence-electron chi connectivity index (χ4n) is 1.80. The van der Waals surface area contributed by atoms with Gasteiger partial charge >= 0.3 is 5.97 Å². The van der Waals surface area contributed by atoms with Crippen LogP contribution in [0.5, 0.6) is 0 Å². The van der Waals surface area contributed by atoms with Gasteiger partial charge in [0.05, 0.1) is 30.3 Å². The summed E-state index contributed by atoms with van der Waals surface area (Å²) in [5.41, 5.74) is 0.802. The molecule has 1 aromatic carbocycles. The summed E-state index contributed by atoms with van der Waals surface area (Å²) in [6.45, 7) is 1.65. The lowest BCUT2D eigenvalue weighted by molar-refractivity contribution is 0.0602. The number of nitrogens with one attached hydrogen (secondary N) is 1. The number of methoxy groups -OCH3 is 1. The first-order valence-electron chi connectivity index (χ1n) is 6.05. The van der Waals surface area contributed by atoms with Gasteiger partial charge in [0.25, 0.3) is 10.0 Å². The number of hydrogen-bond acceptors (Lipinski definition) is 5. The molecule has 0 saturated heterocycles. The average Bonchev–Trinajstić information content (AvgIpc) is 2.79. The predicted molar refractivity (Wildman–Crippen MR) is 76.5 cm³/mol. The molecule has 2 rings (SSSR count). The molecule has 21 heavy (non-hydrogen) atoms. The van der Waals surface area contributed by atoms with Crippen LogP contribution in [0.3, 0.4) is 0 Å². The van der Waals surface area contributed by atoms with E-state index in [1.807, 2.05) is 0 Å². The maximum Gasteiger partial charge on any atom is 0.339 e. The van der Waals surface area contributed by atoms with Crippen molar-refractivity contribution in [3.05, 3.63) is 41.7 Å². The van der Waals surface area contributed by atoms with E-state index in [1.165, 1.54) is 30.1 Å². The van der Waals surface area contributed by atoms with Crippen LogP contribution in [0.4, 0.5) is 5.69 Å². The number of ether oxygens (including phenoxy) is 1. The smallest absolute Gasteiger partial charge is 0.339 e. The second-order valence-corrected chi connectivity index (χ2v) is 6.01. The van der Waals surface area contributed by atoms with Crippen molar-refractivity contribution < 1.29 is 17.9 Å². The molecule has 0 radical (unpaired) electrons. The van der Waals surface area contributed by atoms with Crippen molar-refractivity contribution in [2.24, 2.45) is 7.05 Å². The molecule has 2 aromatic rings. The zero-order valence-corrected chi connectivity index (χ0v) is 12.6. The van der Waals surface area contributed by atoms with Gasteiger partial charge in [-0.2, -0.15) is 5.10 Å². The number of rotatable bonds is 4. The van der Waals surface area contributed by atoms with Crippen LogP contribution in [-0.2, 0) is 21.8 Å². The van der Waals surface area contributed by atoms with Crippen LogP contribution in [-0.4, -0.2) is 31.3 Å². The summed E-state index contributed by atoms with van der Waals surface area (Å²) in [7, 11) is -0.944. The van der Waals surface area contributed by atoms with Crippen LogP contribution in [0.25, 0.3) is 0 Å². The molecule has 0 aliphatic carbocycles. The van der Waals surface area contributed by atoms with E-state index in [0.717, 1.165) is 0 Å². The van der Waals surface area contributed by atoms with E-state index in [0.29, 0.717) is 5.69 Å². The third kappa shape index (κ3) is 2.89. The highest BCUT2D eigenvalue weighted by atomic mass is 32.2. The summed E-state index contributed by atoms with van der Waals surface area (Å²) in [6.07, 6.45) is 1.26. The van der Waals surface area contributed by atoms with Gasteiger partial charge in [0.2, 0.25) is 0 Å². The van der Waals surface area contributed by atoms with Crippen LogP contribution in [0.2, 0.25) is 0 Å². The van der Waals surface area contributed by atoms with Crippen molar-refractivity contribution in [2.75, 3.05) is 11.8 Å². The molecule has 1 N–H and O–H groups in total. The van der Waals surface area contributed by atoms with Crippen LogP contribution in [0, 0.1) is 6.92 Å². The summed E-state index contributed by atoms with van der Waals surface area (Å²) >= 11 is 0. The normalized spacial score (nSPS) is 11.2. The fourth-order valence-corrected chi connectivity index (χ4v) is 3.09. The van der Waals surface area contributed by atoms with Crippen molar-refractivity contribution in [1.82, 2.24) is 9.78 Å². The van der Waals surface area contributed by atoms with E-state index in [4.69, 9.17) is 0 Å². The van der Waals surface area contributed by atoms with Crippen LogP contribution >= 0.6 is 0 Å². The van der Waals surface area contributed by atoms with Crippen molar-refractivity contribution in [3.8, 4) is 0 Å². The first kappa shape index (κ1) is 15.0. The lowest BCUT2D eigenvalue weighted by atomic mass is 10.2. The number of anilines is 1. The number of hydrogen-bond donors (Lipinski definition) is 1. The number of esters is 1. The van der Waals surface area contributed by atoms with Gasteiger partial charge in [-0.1, -0.05) is 12.1 Å². The molecule has 0 atom stereocenters. The van der Waals surface area contributed by atoms with E-state index >= 15 is 0 Å². The molecule has 0 saturated carbocycles. The topological polar surface area (TPSA) is 90.3 Å². The van der Waals surface area contributed by atoms with Crippen molar-refractivity contribution in [3.63, 3.8) is 0 Å². The number of aryl methyl sites for hydroxylation is 1. The largest absolute Gasteiger partial charge is 0.465 e. The second kappa shape index (κ2) is 5.57. The molecular formula is C13H15N3O4S. The predicted octanol–water partition coefficient (Wildman–Crippen LogP) is 1.32. The number of para-hydroxylation sites is 1. The van der Waals surface area contributed by atoms with Crippen LogP contribution in [0.1, 0.15) is 16.1 Å². The van der Waals surface area contributed by atoms with Crippen molar-refractivity contribution in [1.29, 1.82) is 0 Å². The van der Waals surface area contributed by atoms with Gasteiger partial charge < -0.3 is 4.74 Å². The molecule has 0 aliphatic rings. The summed E-state index contributed by atoms with van der Waals surface area (Å²) in [5, 5.41) is 3.90. The highest BCUT2D eigenvalue weighted by Gasteiger charge is 2.22. The highest BCUT2D eigenvalue weighted by Crippen LogP contribution is 2.22. The van der Waals surface area contributed by atoms with E-state index in [9.17, 15) is 13.2 Å². The van der Waals surface area contributed by atoms with Gasteiger partial charge in [0.15, 0.2) is 0 Å². The minimum atomic E-state index is -3.83. The Morgan fingerprint density at radius 3 is 2.57 bits per heavy atom. The number of carbonyl (C=O) groups is 1. The van der Waals surface area contributed by atoms with Gasteiger partial charge in [-0.15, -0.1) is 0 Å². The average molecular weight is 309 g/mol. The van der Waals surface area contributed by atoms with Crippen molar-refractivity contribution in [2.45, 2.75) is 11.8 Å². The fraction of sp³-hybridized carbons (Fsp3) is 0.231. The minimum absolute atomic E-state index is 0.0599. The molecule has 0 aliphatic heterocycles. The number of sulfonamides is 1. The molecule has 0 unspecified atom stereocenters. The third-order valence-corrected chi connectivity index (χ3v) is 4.52. The zero-order valence-electron chi connectivity index (χ0n) is 11.8. The lowest BCUT2D eigenvalue weighted by Gasteiger charge is -2.11. The molecule has 1 heterocycles. The summed E-state index contributed by atoms with van der Waals surface area (Å²) in [6, 6.07) is 6.23. The van der Waals surface area contributed by atoms with Gasteiger partial charge in [-0.25, -0.2) is 13.2 Å². The van der Waals surface area contributed by atoms with Gasteiger partial charge in [0.1, 0.15) is 4.90 Å². The third-order valence-electron chi connectivity index (χ3n) is 3.06. The number of aromatic nitrogens is 2. The molecule has 1 aromatic heterocycles. The first-order chi connectivity index (χ1) is 9.86. The molecule has 8 heteroatoms. The molecule has 0 spiro atoms. The lowest BCUT2D eigenvalue weighted by Crippen LogP contribution is -2.16. The first-order valence-corrected chi connectivity index (χ1v) is 7.54. The molecule has 0 bridgehead atoms. The highest BCUT2D eigenvalue weighted by molar-refractivity contribution is 7.92. The van der Waals surface area contributed by atoms with Crippen molar-refractivity contribution >= 4 is 21.7 Å². The Morgan fingerprint density at radius 1 is 1.33 bits per heavy atom. The minimum Gasteiger partial charge on any atom is -0.465 e. The van der Waals surface area contributed by atoms with Crippen LogP contribution < -0.4 is 4.72 Å². The van der Waals surface area contributed by atoms with E-state index in [-0.39, 0.29) is 16.1 Å². The molecular weight excluding hydrogens is 294 g/mol. The Labute approximate surface area is 122 Å².